The summed E-state index contributed by atoms with van der Waals surface area (Å²) in [6.45, 7) is 2.96. The molecular weight excluding hydrogens is 290 g/mol. The third-order valence-electron chi connectivity index (χ3n) is 4.19. The summed E-state index contributed by atoms with van der Waals surface area (Å²) in [7, 11) is 1.66. The van der Waals surface area contributed by atoms with E-state index in [9.17, 15) is 0 Å². The van der Waals surface area contributed by atoms with Crippen molar-refractivity contribution in [1.29, 1.82) is 0 Å². The van der Waals surface area contributed by atoms with Crippen LogP contribution in [0.4, 0.5) is 0 Å². The molecule has 1 atom stereocenters. The molecule has 0 spiro atoms. The molecule has 0 bridgehead atoms. The molecule has 0 aromatic heterocycles. The number of hydrogen-bond acceptors (Lipinski definition) is 4. The largest absolute Gasteiger partial charge is 0.497 e. The van der Waals surface area contributed by atoms with E-state index < -0.39 is 5.60 Å². The van der Waals surface area contributed by atoms with Gasteiger partial charge in [-0.05, 0) is 42.8 Å². The maximum absolute atomic E-state index is 6.23. The predicted octanol–water partition coefficient (Wildman–Crippen LogP) is 2.98. The van der Waals surface area contributed by atoms with Crippen LogP contribution in [0, 0.1) is 0 Å². The highest BCUT2D eigenvalue weighted by molar-refractivity contribution is 5.31. The van der Waals surface area contributed by atoms with E-state index in [-0.39, 0.29) is 0 Å². The van der Waals surface area contributed by atoms with Gasteiger partial charge in [0.15, 0.2) is 0 Å². The van der Waals surface area contributed by atoms with Crippen molar-refractivity contribution in [3.63, 3.8) is 0 Å². The molecule has 0 amide bonds. The molecule has 4 heteroatoms. The predicted molar refractivity (Wildman–Crippen MR) is 90.0 cm³/mol. The summed E-state index contributed by atoms with van der Waals surface area (Å²) >= 11 is 0. The maximum Gasteiger partial charge on any atom is 0.128 e. The number of methoxy groups -OCH3 is 1. The van der Waals surface area contributed by atoms with Crippen LogP contribution in [0.2, 0.25) is 0 Å². The van der Waals surface area contributed by atoms with Crippen LogP contribution in [0.5, 0.6) is 11.5 Å². The molecule has 2 aromatic rings. The molecule has 0 saturated carbocycles. The van der Waals surface area contributed by atoms with Crippen LogP contribution in [0.1, 0.15) is 12.0 Å². The first-order valence-electron chi connectivity index (χ1n) is 7.99. The zero-order valence-corrected chi connectivity index (χ0v) is 13.5. The Kier molecular flexibility index (Phi) is 5.16. The second-order valence-electron chi connectivity index (χ2n) is 5.67. The molecule has 2 aromatic carbocycles. The first-order valence-corrected chi connectivity index (χ1v) is 7.99. The summed E-state index contributed by atoms with van der Waals surface area (Å²) in [5, 5.41) is 3.39. The van der Waals surface area contributed by atoms with E-state index in [0.717, 1.165) is 36.6 Å². The summed E-state index contributed by atoms with van der Waals surface area (Å²) in [5.41, 5.74) is 0.752. The van der Waals surface area contributed by atoms with Gasteiger partial charge in [0.25, 0.3) is 0 Å². The van der Waals surface area contributed by atoms with Crippen molar-refractivity contribution in [2.24, 2.45) is 0 Å². The van der Waals surface area contributed by atoms with Crippen molar-refractivity contribution >= 4 is 0 Å². The second kappa shape index (κ2) is 7.49. The molecule has 23 heavy (non-hydrogen) atoms. The van der Waals surface area contributed by atoms with E-state index in [0.29, 0.717) is 13.2 Å². The third kappa shape index (κ3) is 3.84. The van der Waals surface area contributed by atoms with E-state index in [1.165, 1.54) is 0 Å². The van der Waals surface area contributed by atoms with E-state index in [1.807, 2.05) is 42.5 Å². The molecular formula is C19H23NO3. The third-order valence-corrected chi connectivity index (χ3v) is 4.19. The lowest BCUT2D eigenvalue weighted by Crippen LogP contribution is -2.37. The molecule has 1 fully saturated rings. The fraction of sp³-hybridized carbons (Fsp3) is 0.368. The minimum atomic E-state index is -0.412. The van der Waals surface area contributed by atoms with Gasteiger partial charge in [-0.15, -0.1) is 0 Å². The van der Waals surface area contributed by atoms with Gasteiger partial charge in [-0.2, -0.15) is 0 Å². The zero-order chi connectivity index (χ0) is 16.0. The summed E-state index contributed by atoms with van der Waals surface area (Å²) in [4.78, 5) is 0. The van der Waals surface area contributed by atoms with Crippen LogP contribution >= 0.6 is 0 Å². The van der Waals surface area contributed by atoms with E-state index in [4.69, 9.17) is 14.2 Å². The molecule has 122 valence electrons. The molecule has 1 heterocycles. The van der Waals surface area contributed by atoms with Gasteiger partial charge in [-0.1, -0.05) is 30.3 Å². The summed E-state index contributed by atoms with van der Waals surface area (Å²) in [5.74, 6) is 1.65. The van der Waals surface area contributed by atoms with Gasteiger partial charge in [0, 0.05) is 6.54 Å². The van der Waals surface area contributed by atoms with Gasteiger partial charge < -0.3 is 19.5 Å². The Morgan fingerprint density at radius 3 is 2.48 bits per heavy atom. The Morgan fingerprint density at radius 1 is 1.00 bits per heavy atom. The maximum atomic E-state index is 6.23. The summed E-state index contributed by atoms with van der Waals surface area (Å²) in [6, 6.07) is 18.0. The average molecular weight is 313 g/mol. The Labute approximate surface area is 137 Å². The van der Waals surface area contributed by atoms with Crippen molar-refractivity contribution in [3.8, 4) is 11.5 Å². The number of hydrogen-bond donors (Lipinski definition) is 1. The first-order chi connectivity index (χ1) is 11.3. The lowest BCUT2D eigenvalue weighted by molar-refractivity contribution is -0.0724. The van der Waals surface area contributed by atoms with Crippen molar-refractivity contribution in [1.82, 2.24) is 5.32 Å². The standard InChI is InChI=1S/C19H23NO3/c1-21-17-7-9-18(10-8-17)22-15-19(11-12-20-13-14-23-19)16-5-3-2-4-6-16/h2-10,20H,11-15H2,1H3. The van der Waals surface area contributed by atoms with Crippen molar-refractivity contribution in [2.75, 3.05) is 33.4 Å². The minimum absolute atomic E-state index is 0.412. The molecule has 1 unspecified atom stereocenters. The van der Waals surface area contributed by atoms with Crippen LogP contribution in [0.25, 0.3) is 0 Å². The minimum Gasteiger partial charge on any atom is -0.497 e. The topological polar surface area (TPSA) is 39.7 Å². The monoisotopic (exact) mass is 313 g/mol. The first kappa shape index (κ1) is 15.8. The van der Waals surface area contributed by atoms with Crippen LogP contribution in [-0.4, -0.2) is 33.4 Å². The SMILES string of the molecule is COc1ccc(OCC2(c3ccccc3)CCNCCO2)cc1. The van der Waals surface area contributed by atoms with Gasteiger partial charge in [0.1, 0.15) is 23.7 Å². The molecule has 3 rings (SSSR count). The van der Waals surface area contributed by atoms with Crippen LogP contribution in [-0.2, 0) is 10.3 Å². The molecule has 1 saturated heterocycles. The molecule has 1 aliphatic heterocycles. The fourth-order valence-electron chi connectivity index (χ4n) is 2.84. The highest BCUT2D eigenvalue weighted by Gasteiger charge is 2.35. The van der Waals surface area contributed by atoms with Gasteiger partial charge in [-0.25, -0.2) is 0 Å². The molecule has 1 N–H and O–H groups in total. The van der Waals surface area contributed by atoms with Crippen molar-refractivity contribution in [3.05, 3.63) is 60.2 Å². The Hall–Kier alpha value is -2.04. The van der Waals surface area contributed by atoms with Crippen LogP contribution in [0.3, 0.4) is 0 Å². The Morgan fingerprint density at radius 2 is 1.74 bits per heavy atom. The van der Waals surface area contributed by atoms with Crippen molar-refractivity contribution in [2.45, 2.75) is 12.0 Å². The van der Waals surface area contributed by atoms with E-state index in [1.54, 1.807) is 7.11 Å². The normalized spacial score (nSPS) is 21.4. The lowest BCUT2D eigenvalue weighted by Gasteiger charge is -2.32. The Bertz CT molecular complexity index is 590. The number of benzene rings is 2. The number of ether oxygens (including phenoxy) is 3. The summed E-state index contributed by atoms with van der Waals surface area (Å²) < 4.78 is 17.5. The zero-order valence-electron chi connectivity index (χ0n) is 13.5. The second-order valence-corrected chi connectivity index (χ2v) is 5.67. The lowest BCUT2D eigenvalue weighted by atomic mass is 9.91. The molecule has 0 aliphatic carbocycles. The molecule has 4 nitrogen and oxygen atoms in total. The van der Waals surface area contributed by atoms with Gasteiger partial charge in [-0.3, -0.25) is 0 Å². The summed E-state index contributed by atoms with van der Waals surface area (Å²) in [6.07, 6.45) is 0.882. The van der Waals surface area contributed by atoms with Crippen LogP contribution in [0.15, 0.2) is 54.6 Å². The van der Waals surface area contributed by atoms with Gasteiger partial charge in [0.2, 0.25) is 0 Å². The highest BCUT2D eigenvalue weighted by atomic mass is 16.5. The number of nitrogens with one attached hydrogen (secondary N) is 1. The van der Waals surface area contributed by atoms with Crippen molar-refractivity contribution < 1.29 is 14.2 Å². The van der Waals surface area contributed by atoms with E-state index >= 15 is 0 Å². The van der Waals surface area contributed by atoms with E-state index in [2.05, 4.69) is 17.4 Å². The van der Waals surface area contributed by atoms with Gasteiger partial charge in [0.05, 0.1) is 13.7 Å². The van der Waals surface area contributed by atoms with Gasteiger partial charge >= 0.3 is 0 Å². The molecule has 0 radical (unpaired) electrons. The fourth-order valence-corrected chi connectivity index (χ4v) is 2.84. The average Bonchev–Trinajstić information content (AvgIpc) is 2.88. The molecule has 1 aliphatic rings. The number of rotatable bonds is 5. The van der Waals surface area contributed by atoms with Crippen LogP contribution < -0.4 is 14.8 Å². The highest BCUT2D eigenvalue weighted by Crippen LogP contribution is 2.31. The smallest absolute Gasteiger partial charge is 0.128 e. The quantitative estimate of drug-likeness (QED) is 0.921. The Balaban J connectivity index is 1.78.